The average molecular weight is 407 g/mol. The van der Waals surface area contributed by atoms with Crippen LogP contribution in [0.2, 0.25) is 0 Å². The lowest BCUT2D eigenvalue weighted by Gasteiger charge is -2.04. The van der Waals surface area contributed by atoms with Gasteiger partial charge in [-0.3, -0.25) is 0 Å². The molecule has 0 radical (unpaired) electrons. The summed E-state index contributed by atoms with van der Waals surface area (Å²) in [6.45, 7) is 2.30. The Morgan fingerprint density at radius 1 is 0.533 bits per heavy atom. The topological polar surface area (TPSA) is 0 Å². The summed E-state index contributed by atoms with van der Waals surface area (Å²) in [6, 6.07) is 15.4. The number of hydrogen-bond donors (Lipinski definition) is 0. The lowest BCUT2D eigenvalue weighted by atomic mass is 10.0. The van der Waals surface area contributed by atoms with Gasteiger partial charge in [0.25, 0.3) is 0 Å². The van der Waals surface area contributed by atoms with Crippen LogP contribution in [-0.2, 0) is 6.42 Å². The van der Waals surface area contributed by atoms with E-state index in [1.54, 1.807) is 0 Å². The Labute approximate surface area is 187 Å². The molecular weight excluding hydrogens is 360 g/mol. The molecule has 0 amide bonds. The minimum atomic E-state index is 1.15. The quantitative estimate of drug-likeness (QED) is 0.170. The highest BCUT2D eigenvalue weighted by atomic mass is 14.0. The fraction of sp³-hybridized carbons (Fsp3) is 0.600. The van der Waals surface area contributed by atoms with Gasteiger partial charge in [-0.05, 0) is 42.0 Å². The van der Waals surface area contributed by atoms with Crippen LogP contribution in [0.15, 0.2) is 54.6 Å². The van der Waals surface area contributed by atoms with Gasteiger partial charge in [0, 0.05) is 0 Å². The molecule has 0 spiro atoms. The Kier molecular flexibility index (Phi) is 14.1. The van der Waals surface area contributed by atoms with Crippen LogP contribution >= 0.6 is 0 Å². The molecule has 0 heterocycles. The van der Waals surface area contributed by atoms with E-state index in [-0.39, 0.29) is 0 Å². The number of allylic oxidation sites excluding steroid dienone is 2. The molecule has 0 aromatic heterocycles. The Bertz CT molecular complexity index is 676. The van der Waals surface area contributed by atoms with Gasteiger partial charge in [-0.1, -0.05) is 145 Å². The van der Waals surface area contributed by atoms with E-state index in [1.807, 2.05) is 0 Å². The molecule has 0 nitrogen and oxygen atoms in total. The normalized spacial score (nSPS) is 11.6. The summed E-state index contributed by atoms with van der Waals surface area (Å²) in [5, 5.41) is 2.78. The maximum absolute atomic E-state index is 2.41. The highest BCUT2D eigenvalue weighted by Crippen LogP contribution is 2.20. The average Bonchev–Trinajstić information content (AvgIpc) is 2.78. The van der Waals surface area contributed by atoms with Crippen molar-refractivity contribution in [3.63, 3.8) is 0 Å². The molecule has 0 aliphatic heterocycles. The smallest absolute Gasteiger partial charge is 0.0152 e. The predicted molar refractivity (Wildman–Crippen MR) is 136 cm³/mol. The van der Waals surface area contributed by atoms with E-state index in [2.05, 4.69) is 61.5 Å². The first-order valence-electron chi connectivity index (χ1n) is 13.0. The van der Waals surface area contributed by atoms with E-state index in [0.29, 0.717) is 0 Å². The number of benzene rings is 2. The Balaban J connectivity index is 1.37. The summed E-state index contributed by atoms with van der Waals surface area (Å²) < 4.78 is 0. The summed E-state index contributed by atoms with van der Waals surface area (Å²) in [4.78, 5) is 0. The number of fused-ring (bicyclic) bond motifs is 1. The zero-order valence-corrected chi connectivity index (χ0v) is 19.7. The van der Waals surface area contributed by atoms with Crippen LogP contribution in [0.4, 0.5) is 0 Å². The van der Waals surface area contributed by atoms with Crippen LogP contribution in [0.1, 0.15) is 115 Å². The molecular formula is C30H46. The van der Waals surface area contributed by atoms with Crippen molar-refractivity contribution in [3.05, 3.63) is 60.2 Å². The van der Waals surface area contributed by atoms with Crippen molar-refractivity contribution in [2.75, 3.05) is 0 Å². The molecule has 0 aliphatic carbocycles. The molecule has 0 unspecified atom stereocenters. The summed E-state index contributed by atoms with van der Waals surface area (Å²) >= 11 is 0. The minimum Gasteiger partial charge on any atom is -0.0885 e. The fourth-order valence-corrected chi connectivity index (χ4v) is 4.44. The van der Waals surface area contributed by atoms with Crippen LogP contribution < -0.4 is 0 Å². The monoisotopic (exact) mass is 406 g/mol. The van der Waals surface area contributed by atoms with Gasteiger partial charge in [0.1, 0.15) is 0 Å². The minimum absolute atomic E-state index is 1.15. The van der Waals surface area contributed by atoms with Crippen LogP contribution in [0.5, 0.6) is 0 Å². The summed E-state index contributed by atoms with van der Waals surface area (Å²) in [5.41, 5.74) is 1.48. The van der Waals surface area contributed by atoms with E-state index in [4.69, 9.17) is 0 Å². The molecule has 0 N–H and O–H groups in total. The van der Waals surface area contributed by atoms with Gasteiger partial charge in [-0.15, -0.1) is 0 Å². The molecule has 30 heavy (non-hydrogen) atoms. The SMILES string of the molecule is CCCCCCCCCCCCCCCC/C=C/CCc1cccc2ccccc12. The molecule has 0 heteroatoms. The number of aryl methyl sites for hydroxylation is 1. The largest absolute Gasteiger partial charge is 0.0885 e. The van der Waals surface area contributed by atoms with Gasteiger partial charge in [0.2, 0.25) is 0 Å². The van der Waals surface area contributed by atoms with Gasteiger partial charge < -0.3 is 0 Å². The second-order valence-electron chi connectivity index (χ2n) is 9.03. The maximum atomic E-state index is 2.41. The van der Waals surface area contributed by atoms with E-state index in [9.17, 15) is 0 Å². The predicted octanol–water partition coefficient (Wildman–Crippen LogP) is 10.2. The standard InChI is InChI=1S/C30H46/c1-2-3-4-5-6-7-8-9-10-11-12-13-14-15-16-17-18-19-23-28-25-22-26-29-24-20-21-27-30(28)29/h17-18,20-22,24-27H,2-16,19,23H2,1H3/b18-17+. The molecule has 0 aliphatic rings. The van der Waals surface area contributed by atoms with Crippen molar-refractivity contribution in [1.29, 1.82) is 0 Å². The number of rotatable bonds is 18. The van der Waals surface area contributed by atoms with Crippen LogP contribution in [0.3, 0.4) is 0 Å². The highest BCUT2D eigenvalue weighted by Gasteiger charge is 1.98. The van der Waals surface area contributed by atoms with Crippen molar-refractivity contribution < 1.29 is 0 Å². The molecule has 0 bridgehead atoms. The first-order valence-corrected chi connectivity index (χ1v) is 13.0. The maximum Gasteiger partial charge on any atom is -0.0152 e. The zero-order chi connectivity index (χ0) is 21.1. The lowest BCUT2D eigenvalue weighted by Crippen LogP contribution is -1.86. The van der Waals surface area contributed by atoms with Gasteiger partial charge in [-0.2, -0.15) is 0 Å². The van der Waals surface area contributed by atoms with Crippen LogP contribution in [0.25, 0.3) is 10.8 Å². The highest BCUT2D eigenvalue weighted by molar-refractivity contribution is 5.85. The first kappa shape index (κ1) is 24.7. The van der Waals surface area contributed by atoms with Crippen molar-refractivity contribution in [2.24, 2.45) is 0 Å². The molecule has 0 atom stereocenters. The zero-order valence-electron chi connectivity index (χ0n) is 19.7. The third kappa shape index (κ3) is 11.0. The van der Waals surface area contributed by atoms with E-state index in [1.165, 1.54) is 113 Å². The van der Waals surface area contributed by atoms with Gasteiger partial charge >= 0.3 is 0 Å². The molecule has 0 fully saturated rings. The number of unbranched alkanes of at least 4 members (excludes halogenated alkanes) is 14. The molecule has 2 aromatic carbocycles. The molecule has 0 saturated carbocycles. The number of hydrogen-bond acceptors (Lipinski definition) is 0. The summed E-state index contributed by atoms with van der Waals surface area (Å²) in [7, 11) is 0. The molecule has 2 aromatic rings. The molecule has 166 valence electrons. The Morgan fingerprint density at radius 2 is 1.07 bits per heavy atom. The van der Waals surface area contributed by atoms with E-state index >= 15 is 0 Å². The van der Waals surface area contributed by atoms with Crippen molar-refractivity contribution >= 4 is 10.8 Å². The van der Waals surface area contributed by atoms with Gasteiger partial charge in [0.15, 0.2) is 0 Å². The third-order valence-electron chi connectivity index (χ3n) is 6.35. The lowest BCUT2D eigenvalue weighted by molar-refractivity contribution is 0.536. The van der Waals surface area contributed by atoms with Crippen molar-refractivity contribution in [3.8, 4) is 0 Å². The third-order valence-corrected chi connectivity index (χ3v) is 6.35. The van der Waals surface area contributed by atoms with Gasteiger partial charge in [-0.25, -0.2) is 0 Å². The Morgan fingerprint density at radius 3 is 1.73 bits per heavy atom. The first-order chi connectivity index (χ1) is 14.9. The van der Waals surface area contributed by atoms with E-state index < -0.39 is 0 Å². The Hall–Kier alpha value is -1.56. The van der Waals surface area contributed by atoms with Crippen molar-refractivity contribution in [1.82, 2.24) is 0 Å². The van der Waals surface area contributed by atoms with Crippen LogP contribution in [0, 0.1) is 0 Å². The van der Waals surface area contributed by atoms with Crippen molar-refractivity contribution in [2.45, 2.75) is 116 Å². The summed E-state index contributed by atoms with van der Waals surface area (Å²) in [5.74, 6) is 0. The second-order valence-corrected chi connectivity index (χ2v) is 9.03. The van der Waals surface area contributed by atoms with Gasteiger partial charge in [0.05, 0.1) is 0 Å². The second kappa shape index (κ2) is 17.2. The van der Waals surface area contributed by atoms with Crippen LogP contribution in [-0.4, -0.2) is 0 Å². The molecule has 2 rings (SSSR count). The fourth-order valence-electron chi connectivity index (χ4n) is 4.44. The molecule has 0 saturated heterocycles. The van der Waals surface area contributed by atoms with E-state index in [0.717, 1.165) is 12.8 Å². The summed E-state index contributed by atoms with van der Waals surface area (Å²) in [6.07, 6.45) is 28.5.